The van der Waals surface area contributed by atoms with Crippen LogP contribution in [0, 0.1) is 0 Å². The first kappa shape index (κ1) is 8.76. The molecule has 1 aromatic rings. The number of carboxylic acids is 1. The molecule has 4 N–H and O–H groups in total. The summed E-state index contributed by atoms with van der Waals surface area (Å²) in [5, 5.41) is 17.1. The smallest absolute Gasteiger partial charge is 0.371 e. The molecule has 0 spiro atoms. The van der Waals surface area contributed by atoms with E-state index in [1.165, 1.54) is 12.1 Å². The third-order valence-corrected chi connectivity index (χ3v) is 1.40. The van der Waals surface area contributed by atoms with Crippen LogP contribution in [0.1, 0.15) is 22.4 Å². The van der Waals surface area contributed by atoms with Gasteiger partial charge in [0.1, 0.15) is 5.76 Å². The Balaban J connectivity index is 2.84. The number of aliphatic hydroxyl groups excluding tert-OH is 1. The standard InChI is InChI=1S/C7H9NO4/c8-4(3-9)5-1-2-6(12-5)7(10)11/h1-2,4,9H,3,8H2,(H,10,11). The maximum atomic E-state index is 10.3. The number of furan rings is 1. The summed E-state index contributed by atoms with van der Waals surface area (Å²) < 4.78 is 4.81. The number of nitrogens with two attached hydrogens (primary N) is 1. The van der Waals surface area contributed by atoms with Crippen molar-refractivity contribution in [2.75, 3.05) is 6.61 Å². The molecule has 0 saturated heterocycles. The highest BCUT2D eigenvalue weighted by molar-refractivity contribution is 5.84. The summed E-state index contributed by atoms with van der Waals surface area (Å²) >= 11 is 0. The van der Waals surface area contributed by atoms with Crippen molar-refractivity contribution >= 4 is 5.97 Å². The largest absolute Gasteiger partial charge is 0.475 e. The van der Waals surface area contributed by atoms with E-state index in [-0.39, 0.29) is 18.1 Å². The minimum Gasteiger partial charge on any atom is -0.475 e. The highest BCUT2D eigenvalue weighted by Gasteiger charge is 2.13. The molecule has 1 unspecified atom stereocenters. The topological polar surface area (TPSA) is 96.7 Å². The van der Waals surface area contributed by atoms with Crippen molar-refractivity contribution in [1.82, 2.24) is 0 Å². The monoisotopic (exact) mass is 171 g/mol. The molecule has 0 bridgehead atoms. The van der Waals surface area contributed by atoms with Gasteiger partial charge in [0.15, 0.2) is 0 Å². The molecule has 0 aromatic carbocycles. The summed E-state index contributed by atoms with van der Waals surface area (Å²) in [5.74, 6) is -1.05. The van der Waals surface area contributed by atoms with Crippen LogP contribution in [-0.4, -0.2) is 22.8 Å². The van der Waals surface area contributed by atoms with Gasteiger partial charge >= 0.3 is 5.97 Å². The molecule has 1 heterocycles. The van der Waals surface area contributed by atoms with Gasteiger partial charge in [-0.3, -0.25) is 0 Å². The van der Waals surface area contributed by atoms with Gasteiger partial charge in [0.05, 0.1) is 12.6 Å². The zero-order valence-electron chi connectivity index (χ0n) is 6.23. The molecule has 5 heteroatoms. The van der Waals surface area contributed by atoms with Gasteiger partial charge in [0, 0.05) is 0 Å². The Labute approximate surface area is 68.4 Å². The zero-order chi connectivity index (χ0) is 9.14. The van der Waals surface area contributed by atoms with Crippen LogP contribution in [0.25, 0.3) is 0 Å². The van der Waals surface area contributed by atoms with Crippen molar-refractivity contribution in [2.24, 2.45) is 5.73 Å². The van der Waals surface area contributed by atoms with Crippen molar-refractivity contribution in [3.8, 4) is 0 Å². The molecule has 0 fully saturated rings. The quantitative estimate of drug-likeness (QED) is 0.593. The van der Waals surface area contributed by atoms with Crippen LogP contribution in [0.2, 0.25) is 0 Å². The highest BCUT2D eigenvalue weighted by Crippen LogP contribution is 2.13. The Kier molecular flexibility index (Phi) is 2.47. The molecule has 5 nitrogen and oxygen atoms in total. The molecule has 66 valence electrons. The number of carbonyl (C=O) groups is 1. The van der Waals surface area contributed by atoms with Crippen LogP contribution in [-0.2, 0) is 0 Å². The van der Waals surface area contributed by atoms with E-state index in [2.05, 4.69) is 0 Å². The van der Waals surface area contributed by atoms with Crippen LogP contribution in [0.5, 0.6) is 0 Å². The lowest BCUT2D eigenvalue weighted by Crippen LogP contribution is -2.13. The van der Waals surface area contributed by atoms with Crippen LogP contribution in [0.3, 0.4) is 0 Å². The Hall–Kier alpha value is -1.33. The first-order valence-electron chi connectivity index (χ1n) is 3.34. The van der Waals surface area contributed by atoms with E-state index >= 15 is 0 Å². The normalized spacial score (nSPS) is 12.8. The van der Waals surface area contributed by atoms with Gasteiger partial charge in [0.25, 0.3) is 0 Å². The van der Waals surface area contributed by atoms with Crippen molar-refractivity contribution in [3.63, 3.8) is 0 Å². The van der Waals surface area contributed by atoms with Crippen molar-refractivity contribution < 1.29 is 19.4 Å². The van der Waals surface area contributed by atoms with E-state index in [0.717, 1.165) is 0 Å². The summed E-state index contributed by atoms with van der Waals surface area (Å²) in [4.78, 5) is 10.3. The van der Waals surface area contributed by atoms with Crippen molar-refractivity contribution in [1.29, 1.82) is 0 Å². The Morgan fingerprint density at radius 2 is 2.33 bits per heavy atom. The number of hydrogen-bond donors (Lipinski definition) is 3. The third-order valence-electron chi connectivity index (χ3n) is 1.40. The van der Waals surface area contributed by atoms with E-state index in [1.54, 1.807) is 0 Å². The molecule has 0 aliphatic rings. The predicted octanol–water partition coefficient (Wildman–Crippen LogP) is -0.0301. The second kappa shape index (κ2) is 3.38. The lowest BCUT2D eigenvalue weighted by Gasteiger charge is -2.01. The molecule has 12 heavy (non-hydrogen) atoms. The van der Waals surface area contributed by atoms with E-state index in [1.807, 2.05) is 0 Å². The summed E-state index contributed by atoms with van der Waals surface area (Å²) in [6.45, 7) is -0.271. The Bertz CT molecular complexity index is 281. The highest BCUT2D eigenvalue weighted by atomic mass is 16.4. The Morgan fingerprint density at radius 3 is 2.75 bits per heavy atom. The minimum atomic E-state index is -1.15. The fourth-order valence-electron chi connectivity index (χ4n) is 0.757. The van der Waals surface area contributed by atoms with Gasteiger partial charge in [0.2, 0.25) is 5.76 Å². The molecule has 0 radical (unpaired) electrons. The molecule has 0 aliphatic carbocycles. The van der Waals surface area contributed by atoms with Gasteiger partial charge in [-0.25, -0.2) is 4.79 Å². The van der Waals surface area contributed by atoms with E-state index in [0.29, 0.717) is 0 Å². The maximum Gasteiger partial charge on any atom is 0.371 e. The molecule has 0 amide bonds. The second-order valence-electron chi connectivity index (χ2n) is 2.30. The molecule has 0 aliphatic heterocycles. The van der Waals surface area contributed by atoms with Gasteiger partial charge in [-0.2, -0.15) is 0 Å². The van der Waals surface area contributed by atoms with Crippen LogP contribution in [0.15, 0.2) is 16.5 Å². The summed E-state index contributed by atoms with van der Waals surface area (Å²) in [6.07, 6.45) is 0. The molecule has 1 atom stereocenters. The van der Waals surface area contributed by atoms with Crippen LogP contribution < -0.4 is 5.73 Å². The van der Waals surface area contributed by atoms with E-state index < -0.39 is 12.0 Å². The third kappa shape index (κ3) is 1.63. The summed E-state index contributed by atoms with van der Waals surface area (Å²) in [7, 11) is 0. The van der Waals surface area contributed by atoms with Gasteiger partial charge in [-0.05, 0) is 12.1 Å². The van der Waals surface area contributed by atoms with Crippen LogP contribution >= 0.6 is 0 Å². The SMILES string of the molecule is NC(CO)c1ccc(C(=O)O)o1. The van der Waals surface area contributed by atoms with Crippen molar-refractivity contribution in [3.05, 3.63) is 23.7 Å². The number of aliphatic hydroxyl groups is 1. The summed E-state index contributed by atoms with van der Waals surface area (Å²) in [5.41, 5.74) is 5.37. The van der Waals surface area contributed by atoms with E-state index in [4.69, 9.17) is 20.4 Å². The second-order valence-corrected chi connectivity index (χ2v) is 2.30. The minimum absolute atomic E-state index is 0.172. The average Bonchev–Trinajstić information content (AvgIpc) is 2.51. The molecule has 1 rings (SSSR count). The fraction of sp³-hybridized carbons (Fsp3) is 0.286. The van der Waals surface area contributed by atoms with Gasteiger partial charge in [-0.15, -0.1) is 0 Å². The first-order chi connectivity index (χ1) is 5.65. The molecule has 1 aromatic heterocycles. The zero-order valence-corrected chi connectivity index (χ0v) is 6.23. The maximum absolute atomic E-state index is 10.3. The number of hydrogen-bond acceptors (Lipinski definition) is 4. The van der Waals surface area contributed by atoms with Gasteiger partial charge < -0.3 is 20.4 Å². The Morgan fingerprint density at radius 1 is 1.67 bits per heavy atom. The number of carboxylic acid groups (broad SMARTS) is 1. The lowest BCUT2D eigenvalue weighted by atomic mass is 10.2. The predicted molar refractivity (Wildman–Crippen MR) is 39.7 cm³/mol. The fourth-order valence-corrected chi connectivity index (χ4v) is 0.757. The first-order valence-corrected chi connectivity index (χ1v) is 3.34. The number of aromatic carboxylic acids is 1. The summed E-state index contributed by atoms with van der Waals surface area (Å²) in [6, 6.07) is 2.08. The number of rotatable bonds is 3. The van der Waals surface area contributed by atoms with Crippen LogP contribution in [0.4, 0.5) is 0 Å². The average molecular weight is 171 g/mol. The van der Waals surface area contributed by atoms with Gasteiger partial charge in [-0.1, -0.05) is 0 Å². The molecule has 0 saturated carbocycles. The lowest BCUT2D eigenvalue weighted by molar-refractivity contribution is 0.0658. The molecular formula is C7H9NO4. The molecular weight excluding hydrogens is 162 g/mol. The van der Waals surface area contributed by atoms with Crippen molar-refractivity contribution in [2.45, 2.75) is 6.04 Å². The van der Waals surface area contributed by atoms with E-state index in [9.17, 15) is 4.79 Å².